The number of hydrogen-bond acceptors (Lipinski definition) is 6. The summed E-state index contributed by atoms with van der Waals surface area (Å²) in [6.45, 7) is 7.36. The van der Waals surface area contributed by atoms with E-state index in [2.05, 4.69) is 15.4 Å². The van der Waals surface area contributed by atoms with Crippen LogP contribution in [-0.4, -0.2) is 52.3 Å². The fourth-order valence-corrected chi connectivity index (χ4v) is 3.37. The summed E-state index contributed by atoms with van der Waals surface area (Å²) in [7, 11) is 0. The third kappa shape index (κ3) is 3.61. The van der Waals surface area contributed by atoms with Gasteiger partial charge in [-0.25, -0.2) is 0 Å². The van der Waals surface area contributed by atoms with Crippen LogP contribution in [0, 0.1) is 6.92 Å². The Balaban J connectivity index is 1.51. The molecule has 8 nitrogen and oxygen atoms in total. The number of nitrogens with zero attached hydrogens (tertiary/aromatic N) is 4. The van der Waals surface area contributed by atoms with Crippen molar-refractivity contribution >= 4 is 5.91 Å². The highest BCUT2D eigenvalue weighted by Gasteiger charge is 2.25. The van der Waals surface area contributed by atoms with Crippen molar-refractivity contribution in [3.8, 4) is 22.7 Å². The van der Waals surface area contributed by atoms with E-state index in [1.807, 2.05) is 42.2 Å². The molecule has 0 atom stereocenters. The average molecular weight is 368 g/mol. The molecule has 0 spiro atoms. The summed E-state index contributed by atoms with van der Waals surface area (Å²) >= 11 is 0. The van der Waals surface area contributed by atoms with E-state index in [4.69, 9.17) is 8.94 Å². The van der Waals surface area contributed by atoms with E-state index in [1.165, 1.54) is 4.90 Å². The number of hydrogen-bond donors (Lipinski definition) is 1. The van der Waals surface area contributed by atoms with E-state index in [0.717, 1.165) is 37.3 Å². The topological polar surface area (TPSA) is 89.7 Å². The molecular weight excluding hydrogens is 346 g/mol. The molecule has 3 aromatic rings. The first kappa shape index (κ1) is 17.4. The second-order valence-electron chi connectivity index (χ2n) is 6.76. The number of benzene rings is 1. The average Bonchev–Trinajstić information content (AvgIpc) is 3.29. The van der Waals surface area contributed by atoms with E-state index >= 15 is 0 Å². The summed E-state index contributed by atoms with van der Waals surface area (Å²) in [6.07, 6.45) is 0. The van der Waals surface area contributed by atoms with E-state index in [9.17, 15) is 4.79 Å². The van der Waals surface area contributed by atoms with Crippen LogP contribution in [-0.2, 0) is 11.3 Å². The quantitative estimate of drug-likeness (QED) is 0.737. The highest BCUT2D eigenvalue weighted by Crippen LogP contribution is 2.33. The van der Waals surface area contributed by atoms with Crippen molar-refractivity contribution in [2.75, 3.05) is 26.2 Å². The van der Waals surface area contributed by atoms with Gasteiger partial charge in [0.1, 0.15) is 17.0 Å². The Bertz CT molecular complexity index is 926. The highest BCUT2D eigenvalue weighted by atomic mass is 16.5. The molecule has 3 heterocycles. The van der Waals surface area contributed by atoms with Gasteiger partial charge in [0.05, 0.1) is 26.2 Å². The lowest BCUT2D eigenvalue weighted by atomic mass is 10.1. The third-order valence-electron chi connectivity index (χ3n) is 4.91. The minimum absolute atomic E-state index is 0.130. The Labute approximate surface area is 156 Å². The van der Waals surface area contributed by atoms with Crippen molar-refractivity contribution in [2.24, 2.45) is 0 Å². The summed E-state index contributed by atoms with van der Waals surface area (Å²) in [6, 6.07) is 9.79. The Kier molecular flexibility index (Phi) is 4.72. The SMILES string of the molecule is CC(=O)N1CC[NH+](Cc2nnc(-c3c(-c4ccccc4)noc3C)o2)CC1. The molecule has 1 N–H and O–H groups in total. The van der Waals surface area contributed by atoms with E-state index < -0.39 is 0 Å². The second-order valence-corrected chi connectivity index (χ2v) is 6.76. The molecule has 2 aromatic heterocycles. The summed E-state index contributed by atoms with van der Waals surface area (Å²) in [4.78, 5) is 14.6. The lowest BCUT2D eigenvalue weighted by Crippen LogP contribution is -3.13. The van der Waals surface area contributed by atoms with Gasteiger partial charge in [0.25, 0.3) is 11.8 Å². The second kappa shape index (κ2) is 7.32. The Morgan fingerprint density at radius 1 is 1.19 bits per heavy atom. The van der Waals surface area contributed by atoms with Gasteiger partial charge in [0.15, 0.2) is 6.54 Å². The zero-order valence-corrected chi connectivity index (χ0v) is 15.4. The van der Waals surface area contributed by atoms with E-state index in [1.54, 1.807) is 6.92 Å². The molecule has 0 radical (unpaired) electrons. The number of aromatic nitrogens is 3. The molecule has 27 heavy (non-hydrogen) atoms. The maximum atomic E-state index is 11.4. The molecule has 1 fully saturated rings. The molecular formula is C19H22N5O3+. The van der Waals surface area contributed by atoms with Gasteiger partial charge in [0.2, 0.25) is 5.91 Å². The molecule has 140 valence electrons. The van der Waals surface area contributed by atoms with Crippen LogP contribution >= 0.6 is 0 Å². The number of aryl methyl sites for hydroxylation is 1. The van der Waals surface area contributed by atoms with Crippen molar-refractivity contribution < 1.29 is 18.6 Å². The first-order chi connectivity index (χ1) is 13.1. The molecule has 1 aromatic carbocycles. The maximum absolute atomic E-state index is 11.4. The Morgan fingerprint density at radius 3 is 2.63 bits per heavy atom. The fourth-order valence-electron chi connectivity index (χ4n) is 3.37. The number of carbonyl (C=O) groups is 1. The predicted molar refractivity (Wildman–Crippen MR) is 96.6 cm³/mol. The van der Waals surface area contributed by atoms with Gasteiger partial charge >= 0.3 is 0 Å². The summed E-state index contributed by atoms with van der Waals surface area (Å²) < 4.78 is 11.3. The summed E-state index contributed by atoms with van der Waals surface area (Å²) in [5, 5.41) is 12.6. The first-order valence-corrected chi connectivity index (χ1v) is 9.05. The molecule has 8 heteroatoms. The first-order valence-electron chi connectivity index (χ1n) is 9.05. The highest BCUT2D eigenvalue weighted by molar-refractivity contribution is 5.77. The predicted octanol–water partition coefficient (Wildman–Crippen LogP) is 0.947. The number of amides is 1. The van der Waals surface area contributed by atoms with Crippen LogP contribution < -0.4 is 4.90 Å². The number of nitrogens with one attached hydrogen (secondary N) is 1. The monoisotopic (exact) mass is 368 g/mol. The standard InChI is InChI=1S/C19H21N5O3/c1-13-17(18(22-27-13)15-6-4-3-5-7-15)19-21-20-16(26-19)12-23-8-10-24(11-9-23)14(2)25/h3-7H,8-12H2,1-2H3/p+1. The normalized spacial score (nSPS) is 15.3. The summed E-state index contributed by atoms with van der Waals surface area (Å²) in [5.74, 6) is 1.78. The van der Waals surface area contributed by atoms with Gasteiger partial charge in [0, 0.05) is 12.5 Å². The van der Waals surface area contributed by atoms with Crippen LogP contribution in [0.15, 0.2) is 39.3 Å². The minimum Gasteiger partial charge on any atom is -0.415 e. The Hall–Kier alpha value is -3.00. The number of piperazine rings is 1. The molecule has 1 aliphatic heterocycles. The molecule has 1 saturated heterocycles. The van der Waals surface area contributed by atoms with Crippen LogP contribution in [0.5, 0.6) is 0 Å². The van der Waals surface area contributed by atoms with Crippen LogP contribution in [0.3, 0.4) is 0 Å². The van der Waals surface area contributed by atoms with Crippen LogP contribution in [0.25, 0.3) is 22.7 Å². The minimum atomic E-state index is 0.130. The van der Waals surface area contributed by atoms with Crippen molar-refractivity contribution in [1.82, 2.24) is 20.3 Å². The van der Waals surface area contributed by atoms with Gasteiger partial charge < -0.3 is 18.7 Å². The van der Waals surface area contributed by atoms with Crippen LogP contribution in [0.4, 0.5) is 0 Å². The largest absolute Gasteiger partial charge is 0.415 e. The lowest BCUT2D eigenvalue weighted by molar-refractivity contribution is -0.918. The van der Waals surface area contributed by atoms with Gasteiger partial charge in [-0.15, -0.1) is 10.2 Å². The smallest absolute Gasteiger partial charge is 0.271 e. The summed E-state index contributed by atoms with van der Waals surface area (Å²) in [5.41, 5.74) is 2.37. The lowest BCUT2D eigenvalue weighted by Gasteiger charge is -2.30. The fraction of sp³-hybridized carbons (Fsp3) is 0.368. The van der Waals surface area contributed by atoms with Crippen molar-refractivity contribution in [3.05, 3.63) is 42.0 Å². The number of carbonyl (C=O) groups excluding carboxylic acids is 1. The van der Waals surface area contributed by atoms with E-state index in [-0.39, 0.29) is 5.91 Å². The Morgan fingerprint density at radius 2 is 1.93 bits per heavy atom. The zero-order chi connectivity index (χ0) is 18.8. The van der Waals surface area contributed by atoms with Gasteiger partial charge in [-0.05, 0) is 6.92 Å². The van der Waals surface area contributed by atoms with Gasteiger partial charge in [-0.2, -0.15) is 0 Å². The van der Waals surface area contributed by atoms with Crippen LogP contribution in [0.2, 0.25) is 0 Å². The van der Waals surface area contributed by atoms with E-state index in [0.29, 0.717) is 29.8 Å². The molecule has 0 unspecified atom stereocenters. The van der Waals surface area contributed by atoms with Gasteiger partial charge in [-0.1, -0.05) is 35.5 Å². The van der Waals surface area contributed by atoms with Crippen molar-refractivity contribution in [3.63, 3.8) is 0 Å². The molecule has 1 aliphatic rings. The third-order valence-corrected chi connectivity index (χ3v) is 4.91. The number of rotatable bonds is 4. The molecule has 4 rings (SSSR count). The van der Waals surface area contributed by atoms with Crippen molar-refractivity contribution in [1.29, 1.82) is 0 Å². The van der Waals surface area contributed by atoms with Gasteiger partial charge in [-0.3, -0.25) is 4.79 Å². The number of quaternary nitrogens is 1. The molecule has 0 saturated carbocycles. The molecule has 0 bridgehead atoms. The molecule has 0 aliphatic carbocycles. The van der Waals surface area contributed by atoms with Crippen LogP contribution in [0.1, 0.15) is 18.6 Å². The maximum Gasteiger partial charge on any atom is 0.271 e. The molecule has 1 amide bonds. The van der Waals surface area contributed by atoms with Crippen molar-refractivity contribution in [2.45, 2.75) is 20.4 Å². The zero-order valence-electron chi connectivity index (χ0n) is 15.4.